The van der Waals surface area contributed by atoms with Crippen LogP contribution < -0.4 is 9.64 Å². The van der Waals surface area contributed by atoms with E-state index in [2.05, 4.69) is 49.9 Å². The van der Waals surface area contributed by atoms with Crippen molar-refractivity contribution in [1.29, 1.82) is 0 Å². The summed E-state index contributed by atoms with van der Waals surface area (Å²) in [5.41, 5.74) is 1.31. The van der Waals surface area contributed by atoms with E-state index in [9.17, 15) is 0 Å². The van der Waals surface area contributed by atoms with E-state index < -0.39 is 0 Å². The second-order valence-electron chi connectivity index (χ2n) is 5.39. The molecule has 2 heteroatoms. The molecule has 0 saturated carbocycles. The van der Waals surface area contributed by atoms with Crippen LogP contribution in [0.15, 0.2) is 24.3 Å². The van der Waals surface area contributed by atoms with Gasteiger partial charge in [-0.1, -0.05) is 46.1 Å². The van der Waals surface area contributed by atoms with Crippen LogP contribution in [0.5, 0.6) is 5.75 Å². The molecule has 0 fully saturated rings. The van der Waals surface area contributed by atoms with Gasteiger partial charge in [0.05, 0.1) is 6.61 Å². The van der Waals surface area contributed by atoms with Gasteiger partial charge in [-0.3, -0.25) is 0 Å². The van der Waals surface area contributed by atoms with Gasteiger partial charge in [0.2, 0.25) is 0 Å². The van der Waals surface area contributed by atoms with Gasteiger partial charge in [0.1, 0.15) is 5.75 Å². The normalized spacial score (nSPS) is 10.6. The first-order valence-electron chi connectivity index (χ1n) is 8.29. The fraction of sp³-hybridized carbons (Fsp3) is 0.667. The topological polar surface area (TPSA) is 12.5 Å². The Morgan fingerprint density at radius 1 is 0.900 bits per heavy atom. The number of rotatable bonds is 11. The molecule has 0 N–H and O–H groups in total. The molecule has 114 valence electrons. The molecule has 20 heavy (non-hydrogen) atoms. The maximum absolute atomic E-state index is 5.82. The molecule has 0 atom stereocenters. The first kappa shape index (κ1) is 16.9. The summed E-state index contributed by atoms with van der Waals surface area (Å²) in [6.45, 7) is 9.81. The zero-order valence-electron chi connectivity index (χ0n) is 13.5. The molecule has 0 aliphatic heterocycles. The van der Waals surface area contributed by atoms with Crippen molar-refractivity contribution in [2.24, 2.45) is 0 Å². The van der Waals surface area contributed by atoms with E-state index in [1.807, 2.05) is 0 Å². The maximum Gasteiger partial charge on any atom is 0.121 e. The van der Waals surface area contributed by atoms with Gasteiger partial charge in [-0.25, -0.2) is 0 Å². The Hall–Kier alpha value is -1.18. The highest BCUT2D eigenvalue weighted by Crippen LogP contribution is 2.22. The molecule has 2 nitrogen and oxygen atoms in total. The minimum absolute atomic E-state index is 0.823. The highest BCUT2D eigenvalue weighted by Gasteiger charge is 2.06. The van der Waals surface area contributed by atoms with E-state index in [0.29, 0.717) is 0 Å². The fourth-order valence-electron chi connectivity index (χ4n) is 2.17. The van der Waals surface area contributed by atoms with Crippen LogP contribution in [0.3, 0.4) is 0 Å². The lowest BCUT2D eigenvalue weighted by Gasteiger charge is -2.25. The highest BCUT2D eigenvalue weighted by molar-refractivity contribution is 5.50. The summed E-state index contributed by atoms with van der Waals surface area (Å²) >= 11 is 0. The van der Waals surface area contributed by atoms with Crippen molar-refractivity contribution in [3.8, 4) is 5.75 Å². The lowest BCUT2D eigenvalue weighted by molar-refractivity contribution is 0.309. The summed E-state index contributed by atoms with van der Waals surface area (Å²) < 4.78 is 5.82. The molecule has 0 amide bonds. The Morgan fingerprint density at radius 2 is 1.55 bits per heavy atom. The van der Waals surface area contributed by atoms with Gasteiger partial charge in [-0.05, 0) is 31.4 Å². The molecular formula is C18H31NO. The lowest BCUT2D eigenvalue weighted by Crippen LogP contribution is -2.25. The lowest BCUT2D eigenvalue weighted by atomic mass is 10.2. The zero-order valence-corrected chi connectivity index (χ0v) is 13.5. The third kappa shape index (κ3) is 6.31. The molecule has 1 aromatic rings. The Morgan fingerprint density at radius 3 is 2.15 bits per heavy atom. The van der Waals surface area contributed by atoms with E-state index >= 15 is 0 Å². The van der Waals surface area contributed by atoms with Crippen molar-refractivity contribution in [3.05, 3.63) is 24.3 Å². The minimum atomic E-state index is 0.823. The smallest absolute Gasteiger partial charge is 0.121 e. The molecule has 0 aromatic heterocycles. The number of ether oxygens (including phenoxy) is 1. The van der Waals surface area contributed by atoms with Crippen molar-refractivity contribution >= 4 is 5.69 Å². The van der Waals surface area contributed by atoms with E-state index in [-0.39, 0.29) is 0 Å². The summed E-state index contributed by atoms with van der Waals surface area (Å²) in [5, 5.41) is 0. The van der Waals surface area contributed by atoms with Crippen molar-refractivity contribution in [3.63, 3.8) is 0 Å². The molecule has 0 spiro atoms. The van der Waals surface area contributed by atoms with Crippen molar-refractivity contribution in [2.75, 3.05) is 24.6 Å². The third-order valence-electron chi connectivity index (χ3n) is 3.51. The number of nitrogens with zero attached hydrogens (tertiary/aromatic N) is 1. The van der Waals surface area contributed by atoms with Crippen LogP contribution in [-0.2, 0) is 0 Å². The Labute approximate surface area is 125 Å². The largest absolute Gasteiger partial charge is 0.494 e. The molecule has 0 saturated heterocycles. The van der Waals surface area contributed by atoms with E-state index in [1.54, 1.807) is 0 Å². The number of hydrogen-bond acceptors (Lipinski definition) is 2. The van der Waals surface area contributed by atoms with Gasteiger partial charge >= 0.3 is 0 Å². The third-order valence-corrected chi connectivity index (χ3v) is 3.51. The standard InChI is InChI=1S/C18H31NO/c1-4-7-13-19(14-8-5-2)17-11-10-12-18(16-17)20-15-9-6-3/h10-12,16H,4-9,13-15H2,1-3H3. The van der Waals surface area contributed by atoms with Gasteiger partial charge in [-0.15, -0.1) is 0 Å². The molecule has 0 aliphatic rings. The van der Waals surface area contributed by atoms with Gasteiger partial charge in [-0.2, -0.15) is 0 Å². The van der Waals surface area contributed by atoms with Crippen molar-refractivity contribution in [1.82, 2.24) is 0 Å². The predicted octanol–water partition coefficient (Wildman–Crippen LogP) is 5.27. The zero-order chi connectivity index (χ0) is 14.6. The molecule has 0 heterocycles. The monoisotopic (exact) mass is 277 g/mol. The second kappa shape index (κ2) is 10.6. The minimum Gasteiger partial charge on any atom is -0.494 e. The van der Waals surface area contributed by atoms with E-state index in [1.165, 1.54) is 37.8 Å². The van der Waals surface area contributed by atoms with Gasteiger partial charge < -0.3 is 9.64 Å². The van der Waals surface area contributed by atoms with Gasteiger partial charge in [0, 0.05) is 24.8 Å². The van der Waals surface area contributed by atoms with E-state index in [0.717, 1.165) is 31.9 Å². The number of unbranched alkanes of at least 4 members (excludes halogenated alkanes) is 3. The Bertz CT molecular complexity index is 343. The van der Waals surface area contributed by atoms with Gasteiger partial charge in [0.15, 0.2) is 0 Å². The molecule has 0 bridgehead atoms. The maximum atomic E-state index is 5.82. The fourth-order valence-corrected chi connectivity index (χ4v) is 2.17. The Balaban J connectivity index is 2.65. The van der Waals surface area contributed by atoms with Crippen LogP contribution in [-0.4, -0.2) is 19.7 Å². The first-order chi connectivity index (χ1) is 9.81. The summed E-state index contributed by atoms with van der Waals surface area (Å²) in [6, 6.07) is 8.58. The van der Waals surface area contributed by atoms with Crippen LogP contribution in [0.4, 0.5) is 5.69 Å². The molecule has 0 aliphatic carbocycles. The van der Waals surface area contributed by atoms with Crippen LogP contribution in [0.2, 0.25) is 0 Å². The summed E-state index contributed by atoms with van der Waals surface area (Å²) in [7, 11) is 0. The van der Waals surface area contributed by atoms with E-state index in [4.69, 9.17) is 4.74 Å². The summed E-state index contributed by atoms with van der Waals surface area (Å²) in [6.07, 6.45) is 7.30. The first-order valence-corrected chi connectivity index (χ1v) is 8.29. The molecule has 0 unspecified atom stereocenters. The molecule has 0 radical (unpaired) electrons. The summed E-state index contributed by atoms with van der Waals surface area (Å²) in [5.74, 6) is 1.01. The van der Waals surface area contributed by atoms with Crippen LogP contribution in [0, 0.1) is 0 Å². The molecular weight excluding hydrogens is 246 g/mol. The highest BCUT2D eigenvalue weighted by atomic mass is 16.5. The Kier molecular flexibility index (Phi) is 8.93. The van der Waals surface area contributed by atoms with Crippen LogP contribution in [0.25, 0.3) is 0 Å². The van der Waals surface area contributed by atoms with Crippen LogP contribution >= 0.6 is 0 Å². The molecule has 1 aromatic carbocycles. The number of benzene rings is 1. The number of anilines is 1. The van der Waals surface area contributed by atoms with Gasteiger partial charge in [0.25, 0.3) is 0 Å². The SMILES string of the molecule is CCCCOc1cccc(N(CCCC)CCCC)c1. The summed E-state index contributed by atoms with van der Waals surface area (Å²) in [4.78, 5) is 2.50. The predicted molar refractivity (Wildman–Crippen MR) is 88.9 cm³/mol. The quantitative estimate of drug-likeness (QED) is 0.511. The average Bonchev–Trinajstić information content (AvgIpc) is 2.48. The molecule has 1 rings (SSSR count). The van der Waals surface area contributed by atoms with Crippen molar-refractivity contribution in [2.45, 2.75) is 59.3 Å². The average molecular weight is 277 g/mol. The second-order valence-corrected chi connectivity index (χ2v) is 5.39. The number of hydrogen-bond donors (Lipinski definition) is 0. The van der Waals surface area contributed by atoms with Crippen molar-refractivity contribution < 1.29 is 4.74 Å². The van der Waals surface area contributed by atoms with Crippen LogP contribution in [0.1, 0.15) is 59.3 Å².